The topological polar surface area (TPSA) is 93.8 Å². The maximum absolute atomic E-state index is 12.6. The van der Waals surface area contributed by atoms with Gasteiger partial charge in [0.05, 0.1) is 24.5 Å². The summed E-state index contributed by atoms with van der Waals surface area (Å²) in [5.74, 6) is 0.373. The summed E-state index contributed by atoms with van der Waals surface area (Å²) >= 11 is 11.9. The van der Waals surface area contributed by atoms with Crippen LogP contribution >= 0.6 is 59.6 Å². The Morgan fingerprint density at radius 2 is 1.67 bits per heavy atom. The van der Waals surface area contributed by atoms with E-state index in [0.717, 1.165) is 32.4 Å². The molecule has 0 atom stereocenters. The average molecular weight is 696 g/mol. The van der Waals surface area contributed by atoms with Crippen molar-refractivity contribution in [2.75, 3.05) is 0 Å². The number of aliphatic imine (C=N–C) groups is 1. The molecule has 0 saturated carbocycles. The molecule has 0 radical (unpaired) electrons. The van der Waals surface area contributed by atoms with E-state index in [2.05, 4.69) is 58.1 Å². The smallest absolute Gasteiger partial charge is 0.269 e. The van der Waals surface area contributed by atoms with Crippen molar-refractivity contribution in [2.45, 2.75) is 20.5 Å². The van der Waals surface area contributed by atoms with Crippen LogP contribution in [0, 0.1) is 24.0 Å². The summed E-state index contributed by atoms with van der Waals surface area (Å²) in [4.78, 5) is 28.0. The van der Waals surface area contributed by atoms with Crippen LogP contribution in [0.4, 0.5) is 11.4 Å². The fourth-order valence-corrected chi connectivity index (χ4v) is 5.93. The van der Waals surface area contributed by atoms with E-state index >= 15 is 0 Å². The lowest BCUT2D eigenvalue weighted by Crippen LogP contribution is -2.19. The predicted octanol–water partition coefficient (Wildman–Crippen LogP) is 7.97. The highest BCUT2D eigenvalue weighted by atomic mass is 79.9. The Balaban J connectivity index is 1.49. The van der Waals surface area contributed by atoms with E-state index in [1.54, 1.807) is 18.2 Å². The molecule has 4 rings (SSSR count). The van der Waals surface area contributed by atoms with Crippen LogP contribution in [0.15, 0.2) is 71.8 Å². The molecule has 3 aromatic rings. The molecule has 36 heavy (non-hydrogen) atoms. The minimum absolute atomic E-state index is 0.0302. The Labute approximate surface area is 237 Å². The molecule has 0 aromatic heterocycles. The molecule has 0 unspecified atom stereocenters. The lowest BCUT2D eigenvalue weighted by molar-refractivity contribution is -0.384. The number of nitro benzene ring substituents is 1. The number of ether oxygens (including phenoxy) is 1. The number of thioether (sulfide) groups is 1. The summed E-state index contributed by atoms with van der Waals surface area (Å²) in [6, 6.07) is 13.8. The summed E-state index contributed by atoms with van der Waals surface area (Å²) in [5.41, 5.74) is 4.55. The second-order valence-electron chi connectivity index (χ2n) is 7.90. The number of aryl methyl sites for hydroxylation is 2. The van der Waals surface area contributed by atoms with Gasteiger partial charge in [-0.3, -0.25) is 14.9 Å². The predicted molar refractivity (Wildman–Crippen MR) is 154 cm³/mol. The zero-order valence-electron chi connectivity index (χ0n) is 19.0. The molecule has 1 saturated heterocycles. The first kappa shape index (κ1) is 26.6. The average Bonchev–Trinajstić information content (AvgIpc) is 3.15. The molecule has 3 aromatic carbocycles. The van der Waals surface area contributed by atoms with Gasteiger partial charge in [-0.05, 0) is 122 Å². The Kier molecular flexibility index (Phi) is 8.34. The molecule has 1 amide bonds. The van der Waals surface area contributed by atoms with E-state index in [9.17, 15) is 14.9 Å². The molecule has 1 heterocycles. The quantitative estimate of drug-likeness (QED) is 0.160. The van der Waals surface area contributed by atoms with Crippen LogP contribution in [-0.4, -0.2) is 16.0 Å². The van der Waals surface area contributed by atoms with Gasteiger partial charge in [0, 0.05) is 16.6 Å². The number of rotatable bonds is 6. The number of non-ortho nitro benzene ring substituents is 1. The minimum atomic E-state index is -0.439. The number of amides is 1. The number of amidine groups is 1. The normalized spacial score (nSPS) is 15.4. The van der Waals surface area contributed by atoms with Crippen molar-refractivity contribution in [3.63, 3.8) is 0 Å². The number of halogens is 3. The van der Waals surface area contributed by atoms with E-state index in [-0.39, 0.29) is 18.2 Å². The van der Waals surface area contributed by atoms with Crippen LogP contribution in [-0.2, 0) is 11.4 Å². The van der Waals surface area contributed by atoms with Crippen LogP contribution < -0.4 is 10.1 Å². The van der Waals surface area contributed by atoms with Gasteiger partial charge in [0.25, 0.3) is 11.6 Å². The first-order chi connectivity index (χ1) is 17.1. The molecule has 184 valence electrons. The van der Waals surface area contributed by atoms with Gasteiger partial charge in [-0.25, -0.2) is 4.99 Å². The molecular formula is C25H18Br3N3O4S. The van der Waals surface area contributed by atoms with Gasteiger partial charge in [-0.15, -0.1) is 0 Å². The minimum Gasteiger partial charge on any atom is -0.487 e. The van der Waals surface area contributed by atoms with Crippen molar-refractivity contribution in [1.29, 1.82) is 0 Å². The molecule has 0 bridgehead atoms. The van der Waals surface area contributed by atoms with Gasteiger partial charge in [-0.2, -0.15) is 0 Å². The number of benzene rings is 3. The SMILES string of the molecule is Cc1cc(N=C2NC(=O)/C(=C/c3cc(Br)c(OCc4ccc([N+](=O)[O-])cc4)c(Br)c3)S2)cc(C)c1Br. The van der Waals surface area contributed by atoms with E-state index in [1.165, 1.54) is 23.9 Å². The van der Waals surface area contributed by atoms with E-state index < -0.39 is 4.92 Å². The third-order valence-electron chi connectivity index (χ3n) is 5.15. The van der Waals surface area contributed by atoms with E-state index in [1.807, 2.05) is 38.1 Å². The Morgan fingerprint density at radius 1 is 1.06 bits per heavy atom. The summed E-state index contributed by atoms with van der Waals surface area (Å²) in [7, 11) is 0. The Morgan fingerprint density at radius 3 is 2.25 bits per heavy atom. The van der Waals surface area contributed by atoms with Crippen molar-refractivity contribution in [1.82, 2.24) is 5.32 Å². The third-order valence-corrected chi connectivity index (χ3v) is 8.49. The highest BCUT2D eigenvalue weighted by molar-refractivity contribution is 9.11. The number of nitrogens with one attached hydrogen (secondary N) is 1. The van der Waals surface area contributed by atoms with Crippen LogP contribution in [0.25, 0.3) is 6.08 Å². The van der Waals surface area contributed by atoms with Crippen LogP contribution in [0.5, 0.6) is 5.75 Å². The zero-order valence-corrected chi connectivity index (χ0v) is 24.5. The molecule has 1 aliphatic rings. The lowest BCUT2D eigenvalue weighted by atomic mass is 10.1. The first-order valence-corrected chi connectivity index (χ1v) is 13.7. The summed E-state index contributed by atoms with van der Waals surface area (Å²) in [5, 5.41) is 14.2. The van der Waals surface area contributed by atoms with Gasteiger partial charge in [-0.1, -0.05) is 15.9 Å². The van der Waals surface area contributed by atoms with Crippen molar-refractivity contribution in [3.05, 3.63) is 99.2 Å². The van der Waals surface area contributed by atoms with Crippen LogP contribution in [0.3, 0.4) is 0 Å². The van der Waals surface area contributed by atoms with Crippen molar-refractivity contribution >= 4 is 88.1 Å². The van der Waals surface area contributed by atoms with Crippen molar-refractivity contribution in [3.8, 4) is 5.75 Å². The third kappa shape index (κ3) is 6.26. The van der Waals surface area contributed by atoms with Gasteiger partial charge >= 0.3 is 0 Å². The standard InChI is InChI=1S/C25H18Br3N3O4S/c1-13-7-17(8-14(2)22(13)28)29-25-30-24(32)21(36-25)11-16-9-19(26)23(20(27)10-16)35-12-15-3-5-18(6-4-15)31(33)34/h3-11H,12H2,1-2H3,(H,29,30,32)/b21-11-. The van der Waals surface area contributed by atoms with Gasteiger partial charge in [0.15, 0.2) is 5.17 Å². The molecule has 11 heteroatoms. The van der Waals surface area contributed by atoms with E-state index in [0.29, 0.717) is 24.8 Å². The number of nitrogens with zero attached hydrogens (tertiary/aromatic N) is 2. The first-order valence-electron chi connectivity index (χ1n) is 10.5. The van der Waals surface area contributed by atoms with Crippen LogP contribution in [0.2, 0.25) is 0 Å². The summed E-state index contributed by atoms with van der Waals surface area (Å²) in [6.07, 6.45) is 1.79. The summed E-state index contributed by atoms with van der Waals surface area (Å²) < 4.78 is 8.36. The Hall–Kier alpha value is -2.47. The number of nitro groups is 1. The number of carbonyl (C=O) groups excluding carboxylic acids is 1. The molecule has 0 aliphatic carbocycles. The van der Waals surface area contributed by atoms with E-state index in [4.69, 9.17) is 4.74 Å². The molecule has 7 nitrogen and oxygen atoms in total. The number of hydrogen-bond acceptors (Lipinski definition) is 6. The van der Waals surface area contributed by atoms with Crippen LogP contribution in [0.1, 0.15) is 22.3 Å². The molecule has 1 fully saturated rings. The molecular weight excluding hydrogens is 678 g/mol. The fourth-order valence-electron chi connectivity index (χ4n) is 3.41. The monoisotopic (exact) mass is 693 g/mol. The summed E-state index contributed by atoms with van der Waals surface area (Å²) in [6.45, 7) is 4.24. The highest BCUT2D eigenvalue weighted by Gasteiger charge is 2.24. The van der Waals surface area contributed by atoms with Gasteiger partial charge in [0.2, 0.25) is 0 Å². The largest absolute Gasteiger partial charge is 0.487 e. The zero-order chi connectivity index (χ0) is 26.0. The molecule has 1 N–H and O–H groups in total. The van der Waals surface area contributed by atoms with Crippen molar-refractivity contribution < 1.29 is 14.5 Å². The fraction of sp³-hybridized carbons (Fsp3) is 0.120. The maximum Gasteiger partial charge on any atom is 0.269 e. The highest BCUT2D eigenvalue weighted by Crippen LogP contribution is 2.37. The molecule has 1 aliphatic heterocycles. The number of carbonyl (C=O) groups is 1. The molecule has 0 spiro atoms. The lowest BCUT2D eigenvalue weighted by Gasteiger charge is -2.11. The Bertz CT molecular complexity index is 1390. The van der Waals surface area contributed by atoms with Crippen molar-refractivity contribution in [2.24, 2.45) is 4.99 Å². The van der Waals surface area contributed by atoms with Gasteiger partial charge < -0.3 is 10.1 Å². The number of hydrogen-bond donors (Lipinski definition) is 1. The van der Waals surface area contributed by atoms with Gasteiger partial charge in [0.1, 0.15) is 12.4 Å². The maximum atomic E-state index is 12.6. The second-order valence-corrected chi connectivity index (χ2v) is 11.4. The second kappa shape index (κ2) is 11.3.